The molecule has 1 spiro atoms. The standard InChI is InChI=1S/C27H37NO6/c1-26(11-7-24(30)31)21-16-27(18-33-25(21)20-5-2-3-6-22(20)34-26)10-4-12-28(17-27)23(29)15-19-8-13-32-14-9-19/h2-3,5-6,19,21,25H,4,7-18H2,1H3,(H,30,31)/t21-,25+,26-,27-/m1/s1. The quantitative estimate of drug-likeness (QED) is 0.693. The summed E-state index contributed by atoms with van der Waals surface area (Å²) in [6.07, 6.45) is 5.81. The number of nitrogens with zero attached hydrogens (tertiary/aromatic N) is 1. The molecule has 4 aliphatic rings. The van der Waals surface area contributed by atoms with Gasteiger partial charge in [-0.25, -0.2) is 0 Å². The second kappa shape index (κ2) is 9.50. The number of piperidine rings is 1. The van der Waals surface area contributed by atoms with Crippen LogP contribution in [-0.4, -0.2) is 60.4 Å². The number of hydrogen-bond donors (Lipinski definition) is 1. The van der Waals surface area contributed by atoms with E-state index in [-0.39, 0.29) is 29.8 Å². The summed E-state index contributed by atoms with van der Waals surface area (Å²) >= 11 is 0. The molecule has 1 aromatic carbocycles. The van der Waals surface area contributed by atoms with Crippen molar-refractivity contribution < 1.29 is 28.9 Å². The molecule has 3 fully saturated rings. The summed E-state index contributed by atoms with van der Waals surface area (Å²) in [5, 5.41) is 9.38. The van der Waals surface area contributed by atoms with Gasteiger partial charge in [-0.1, -0.05) is 18.2 Å². The molecular formula is C27H37NO6. The van der Waals surface area contributed by atoms with Crippen molar-refractivity contribution in [2.75, 3.05) is 32.9 Å². The van der Waals surface area contributed by atoms with E-state index in [1.165, 1.54) is 0 Å². The first-order chi connectivity index (χ1) is 16.4. The first-order valence-corrected chi connectivity index (χ1v) is 12.8. The van der Waals surface area contributed by atoms with Gasteiger partial charge in [0, 0.05) is 56.0 Å². The van der Waals surface area contributed by atoms with Crippen LogP contribution in [0.15, 0.2) is 24.3 Å². The van der Waals surface area contributed by atoms with Crippen molar-refractivity contribution in [2.24, 2.45) is 17.3 Å². The van der Waals surface area contributed by atoms with Gasteiger partial charge in [-0.15, -0.1) is 0 Å². The van der Waals surface area contributed by atoms with Crippen LogP contribution in [0.5, 0.6) is 5.75 Å². The number of fused-ring (bicyclic) bond motifs is 3. The predicted octanol–water partition coefficient (Wildman–Crippen LogP) is 4.21. The average molecular weight is 472 g/mol. The Hall–Kier alpha value is -2.12. The summed E-state index contributed by atoms with van der Waals surface area (Å²) in [5.41, 5.74) is 0.322. The van der Waals surface area contributed by atoms with Crippen molar-refractivity contribution in [1.29, 1.82) is 0 Å². The molecule has 1 aromatic rings. The van der Waals surface area contributed by atoms with Crippen molar-refractivity contribution in [3.8, 4) is 5.75 Å². The van der Waals surface area contributed by atoms with Crippen molar-refractivity contribution in [2.45, 2.75) is 70.0 Å². The molecule has 186 valence electrons. The number of hydrogen-bond acceptors (Lipinski definition) is 5. The van der Waals surface area contributed by atoms with Gasteiger partial charge in [0.25, 0.3) is 0 Å². The van der Waals surface area contributed by atoms with Gasteiger partial charge in [0.05, 0.1) is 12.7 Å². The normalized spacial score (nSPS) is 33.6. The first kappa shape index (κ1) is 23.6. The molecule has 0 aromatic heterocycles. The fraction of sp³-hybridized carbons (Fsp3) is 0.704. The average Bonchev–Trinajstić information content (AvgIpc) is 2.84. The fourth-order valence-electron chi connectivity index (χ4n) is 6.62. The number of carbonyl (C=O) groups is 2. The number of carbonyl (C=O) groups excluding carboxylic acids is 1. The molecule has 1 N–H and O–H groups in total. The minimum Gasteiger partial charge on any atom is -0.487 e. The molecule has 7 heteroatoms. The summed E-state index contributed by atoms with van der Waals surface area (Å²) in [6.45, 7) is 5.72. The Morgan fingerprint density at radius 3 is 2.79 bits per heavy atom. The highest BCUT2D eigenvalue weighted by molar-refractivity contribution is 5.76. The molecule has 7 nitrogen and oxygen atoms in total. The lowest BCUT2D eigenvalue weighted by atomic mass is 9.64. The van der Waals surface area contributed by atoms with Gasteiger partial charge in [0.1, 0.15) is 11.4 Å². The number of carboxylic acids is 1. The third kappa shape index (κ3) is 4.69. The Morgan fingerprint density at radius 1 is 1.21 bits per heavy atom. The predicted molar refractivity (Wildman–Crippen MR) is 126 cm³/mol. The molecular weight excluding hydrogens is 434 g/mol. The number of amides is 1. The van der Waals surface area contributed by atoms with Crippen molar-refractivity contribution in [3.63, 3.8) is 0 Å². The Bertz CT molecular complexity index is 914. The lowest BCUT2D eigenvalue weighted by Gasteiger charge is -2.55. The molecule has 4 heterocycles. The number of para-hydroxylation sites is 1. The topological polar surface area (TPSA) is 85.3 Å². The van der Waals surface area contributed by atoms with Crippen LogP contribution in [0.1, 0.15) is 70.0 Å². The number of carboxylic acid groups (broad SMARTS) is 1. The lowest BCUT2D eigenvalue weighted by molar-refractivity contribution is -0.185. The first-order valence-electron chi connectivity index (χ1n) is 12.8. The van der Waals surface area contributed by atoms with E-state index in [0.717, 1.165) is 69.7 Å². The van der Waals surface area contributed by atoms with Crippen LogP contribution in [0.4, 0.5) is 0 Å². The van der Waals surface area contributed by atoms with E-state index in [1.807, 2.05) is 25.1 Å². The maximum atomic E-state index is 13.2. The smallest absolute Gasteiger partial charge is 0.303 e. The summed E-state index contributed by atoms with van der Waals surface area (Å²) in [4.78, 5) is 26.7. The maximum Gasteiger partial charge on any atom is 0.303 e. The van der Waals surface area contributed by atoms with Crippen molar-refractivity contribution in [1.82, 2.24) is 4.90 Å². The van der Waals surface area contributed by atoms with Crippen LogP contribution in [-0.2, 0) is 19.1 Å². The molecule has 0 bridgehead atoms. The molecule has 0 saturated carbocycles. The maximum absolute atomic E-state index is 13.2. The molecule has 34 heavy (non-hydrogen) atoms. The zero-order valence-electron chi connectivity index (χ0n) is 20.2. The Labute approximate surface area is 201 Å². The number of likely N-dealkylation sites (tertiary alicyclic amines) is 1. The van der Waals surface area contributed by atoms with E-state index >= 15 is 0 Å². The van der Waals surface area contributed by atoms with E-state index in [4.69, 9.17) is 14.2 Å². The molecule has 4 aliphatic heterocycles. The number of benzene rings is 1. The van der Waals surface area contributed by atoms with Gasteiger partial charge in [-0.2, -0.15) is 0 Å². The zero-order valence-corrected chi connectivity index (χ0v) is 20.2. The van der Waals surface area contributed by atoms with Gasteiger partial charge in [-0.3, -0.25) is 9.59 Å². The van der Waals surface area contributed by atoms with E-state index in [0.29, 0.717) is 25.4 Å². The second-order valence-electron chi connectivity index (χ2n) is 11.1. The molecule has 0 radical (unpaired) electrons. The Kier molecular flexibility index (Phi) is 6.60. The minimum absolute atomic E-state index is 0.0426. The van der Waals surface area contributed by atoms with E-state index in [9.17, 15) is 14.7 Å². The van der Waals surface area contributed by atoms with Gasteiger partial charge >= 0.3 is 5.97 Å². The highest BCUT2D eigenvalue weighted by Crippen LogP contribution is 2.56. The third-order valence-electron chi connectivity index (χ3n) is 8.59. The number of ether oxygens (including phenoxy) is 3. The summed E-state index contributed by atoms with van der Waals surface area (Å²) in [7, 11) is 0. The van der Waals surface area contributed by atoms with Crippen LogP contribution in [0, 0.1) is 17.3 Å². The monoisotopic (exact) mass is 471 g/mol. The van der Waals surface area contributed by atoms with Crippen molar-refractivity contribution >= 4 is 11.9 Å². The molecule has 5 rings (SSSR count). The minimum atomic E-state index is -0.811. The van der Waals surface area contributed by atoms with E-state index in [2.05, 4.69) is 11.0 Å². The molecule has 1 amide bonds. The zero-order chi connectivity index (χ0) is 23.8. The molecule has 3 saturated heterocycles. The highest BCUT2D eigenvalue weighted by atomic mass is 16.5. The Morgan fingerprint density at radius 2 is 2.00 bits per heavy atom. The second-order valence-corrected chi connectivity index (χ2v) is 11.1. The summed E-state index contributed by atoms with van der Waals surface area (Å²) in [5.74, 6) is 0.709. The van der Waals surface area contributed by atoms with Crippen LogP contribution in [0.3, 0.4) is 0 Å². The molecule has 0 aliphatic carbocycles. The van der Waals surface area contributed by atoms with Crippen molar-refractivity contribution in [3.05, 3.63) is 29.8 Å². The van der Waals surface area contributed by atoms with E-state index in [1.54, 1.807) is 0 Å². The van der Waals surface area contributed by atoms with Crippen LogP contribution in [0.25, 0.3) is 0 Å². The SMILES string of the molecule is C[C@]1(CCC(=O)O)Oc2ccccc2[C@@H]2OC[C@]3(CCCN(C(=O)CC4CCOCC4)C3)C[C@H]21. The summed E-state index contributed by atoms with van der Waals surface area (Å²) in [6, 6.07) is 7.97. The summed E-state index contributed by atoms with van der Waals surface area (Å²) < 4.78 is 18.6. The fourth-order valence-corrected chi connectivity index (χ4v) is 6.62. The molecule has 0 unspecified atom stereocenters. The van der Waals surface area contributed by atoms with Crippen LogP contribution in [0.2, 0.25) is 0 Å². The Balaban J connectivity index is 1.34. The van der Waals surface area contributed by atoms with Gasteiger partial charge < -0.3 is 24.2 Å². The van der Waals surface area contributed by atoms with E-state index < -0.39 is 11.6 Å². The molecule has 4 atom stereocenters. The lowest BCUT2D eigenvalue weighted by Crippen LogP contribution is -2.57. The van der Waals surface area contributed by atoms with Gasteiger partial charge in [-0.05, 0) is 57.4 Å². The largest absolute Gasteiger partial charge is 0.487 e. The van der Waals surface area contributed by atoms with Gasteiger partial charge in [0.2, 0.25) is 5.91 Å². The van der Waals surface area contributed by atoms with Crippen LogP contribution < -0.4 is 4.74 Å². The van der Waals surface area contributed by atoms with Gasteiger partial charge in [0.15, 0.2) is 0 Å². The highest BCUT2D eigenvalue weighted by Gasteiger charge is 2.54. The number of aliphatic carboxylic acids is 1. The third-order valence-corrected chi connectivity index (χ3v) is 8.59. The van der Waals surface area contributed by atoms with Crippen LogP contribution >= 0.6 is 0 Å². The number of rotatable bonds is 5.